The smallest absolute Gasteiger partial charge is 0.138 e. The normalized spacial score (nSPS) is 23.3. The lowest BCUT2D eigenvalue weighted by Gasteiger charge is -2.29. The minimum Gasteiger partial charge on any atom is -0.489 e. The molecule has 19 heavy (non-hydrogen) atoms. The van der Waals surface area contributed by atoms with Crippen molar-refractivity contribution in [3.05, 3.63) is 28.2 Å². The molecule has 0 amide bonds. The van der Waals surface area contributed by atoms with Gasteiger partial charge in [0.1, 0.15) is 5.75 Å². The van der Waals surface area contributed by atoms with Crippen molar-refractivity contribution >= 4 is 15.9 Å². The number of para-hydroxylation sites is 1. The summed E-state index contributed by atoms with van der Waals surface area (Å²) in [5, 5.41) is 3.20. The van der Waals surface area contributed by atoms with Crippen molar-refractivity contribution in [2.24, 2.45) is 5.92 Å². The summed E-state index contributed by atoms with van der Waals surface area (Å²) < 4.78 is 7.34. The summed E-state index contributed by atoms with van der Waals surface area (Å²) in [7, 11) is 1.97. The Morgan fingerprint density at radius 3 is 2.63 bits per heavy atom. The van der Waals surface area contributed by atoms with Crippen LogP contribution in [-0.2, 0) is 6.54 Å². The minimum absolute atomic E-state index is 0.386. The molecule has 2 rings (SSSR count). The standard InChI is InChI=1S/C16H24BrNO/c1-3-12-7-9-14(10-8-12)19-16-13(11-18-2)5-4-6-15(16)17/h4-6,12,14,18H,3,7-11H2,1-2H3. The van der Waals surface area contributed by atoms with Crippen molar-refractivity contribution in [1.82, 2.24) is 5.32 Å². The SMILES string of the molecule is CCC1CCC(Oc2c(Br)cccc2CNC)CC1. The maximum absolute atomic E-state index is 6.28. The zero-order valence-electron chi connectivity index (χ0n) is 11.9. The van der Waals surface area contributed by atoms with Crippen LogP contribution in [0.2, 0.25) is 0 Å². The molecule has 0 unspecified atom stereocenters. The quantitative estimate of drug-likeness (QED) is 0.859. The Bertz CT molecular complexity index is 400. The maximum atomic E-state index is 6.28. The molecule has 1 aliphatic rings. The Kier molecular flexibility index (Phi) is 5.71. The fourth-order valence-corrected chi connectivity index (χ4v) is 3.34. The van der Waals surface area contributed by atoms with Gasteiger partial charge >= 0.3 is 0 Å². The average molecular weight is 326 g/mol. The van der Waals surface area contributed by atoms with E-state index in [9.17, 15) is 0 Å². The molecule has 1 aromatic carbocycles. The van der Waals surface area contributed by atoms with Crippen LogP contribution in [-0.4, -0.2) is 13.2 Å². The molecule has 1 aromatic rings. The third-order valence-corrected chi connectivity index (χ3v) is 4.70. The Labute approximate surface area is 125 Å². The Morgan fingerprint density at radius 2 is 2.00 bits per heavy atom. The van der Waals surface area contributed by atoms with E-state index in [1.165, 1.54) is 37.7 Å². The van der Waals surface area contributed by atoms with Gasteiger partial charge in [-0.2, -0.15) is 0 Å². The van der Waals surface area contributed by atoms with Gasteiger partial charge in [-0.3, -0.25) is 0 Å². The van der Waals surface area contributed by atoms with Crippen molar-refractivity contribution in [1.29, 1.82) is 0 Å². The lowest BCUT2D eigenvalue weighted by Crippen LogP contribution is -2.24. The van der Waals surface area contributed by atoms with E-state index in [1.54, 1.807) is 0 Å². The second-order valence-corrected chi connectivity index (χ2v) is 6.28. The van der Waals surface area contributed by atoms with Crippen LogP contribution in [0.3, 0.4) is 0 Å². The molecule has 0 aliphatic heterocycles. The van der Waals surface area contributed by atoms with Gasteiger partial charge in [0.25, 0.3) is 0 Å². The van der Waals surface area contributed by atoms with Crippen LogP contribution >= 0.6 is 15.9 Å². The summed E-state index contributed by atoms with van der Waals surface area (Å²) in [4.78, 5) is 0. The summed E-state index contributed by atoms with van der Waals surface area (Å²) in [5.41, 5.74) is 1.23. The molecule has 0 spiro atoms. The molecule has 0 saturated heterocycles. The van der Waals surface area contributed by atoms with Gasteiger partial charge < -0.3 is 10.1 Å². The topological polar surface area (TPSA) is 21.3 Å². The van der Waals surface area contributed by atoms with Crippen molar-refractivity contribution < 1.29 is 4.74 Å². The first-order chi connectivity index (χ1) is 9.24. The largest absolute Gasteiger partial charge is 0.489 e. The van der Waals surface area contributed by atoms with E-state index in [4.69, 9.17) is 4.74 Å². The van der Waals surface area contributed by atoms with E-state index in [-0.39, 0.29) is 0 Å². The molecular formula is C16H24BrNO. The Balaban J connectivity index is 2.02. The number of rotatable bonds is 5. The van der Waals surface area contributed by atoms with Crippen molar-refractivity contribution in [3.63, 3.8) is 0 Å². The first-order valence-corrected chi connectivity index (χ1v) is 8.12. The number of benzene rings is 1. The monoisotopic (exact) mass is 325 g/mol. The van der Waals surface area contributed by atoms with E-state index in [0.717, 1.165) is 22.7 Å². The number of nitrogens with one attached hydrogen (secondary N) is 1. The highest BCUT2D eigenvalue weighted by Crippen LogP contribution is 2.34. The number of halogens is 1. The van der Waals surface area contributed by atoms with E-state index >= 15 is 0 Å². The van der Waals surface area contributed by atoms with Crippen LogP contribution in [0.1, 0.15) is 44.6 Å². The highest BCUT2D eigenvalue weighted by atomic mass is 79.9. The third-order valence-electron chi connectivity index (χ3n) is 4.07. The lowest BCUT2D eigenvalue weighted by molar-refractivity contribution is 0.128. The van der Waals surface area contributed by atoms with Gasteiger partial charge in [-0.1, -0.05) is 25.5 Å². The van der Waals surface area contributed by atoms with Gasteiger partial charge in [0, 0.05) is 12.1 Å². The fraction of sp³-hybridized carbons (Fsp3) is 0.625. The molecule has 0 aromatic heterocycles. The third kappa shape index (κ3) is 3.96. The van der Waals surface area contributed by atoms with Crippen LogP contribution in [0, 0.1) is 5.92 Å². The molecule has 3 heteroatoms. The molecular weight excluding hydrogens is 302 g/mol. The van der Waals surface area contributed by atoms with E-state index in [2.05, 4.69) is 46.4 Å². The molecule has 1 N–H and O–H groups in total. The zero-order valence-corrected chi connectivity index (χ0v) is 13.5. The van der Waals surface area contributed by atoms with Gasteiger partial charge in [-0.25, -0.2) is 0 Å². The van der Waals surface area contributed by atoms with Crippen molar-refractivity contribution in [2.45, 2.75) is 51.7 Å². The van der Waals surface area contributed by atoms with E-state index in [1.807, 2.05) is 7.05 Å². The van der Waals surface area contributed by atoms with Crippen LogP contribution in [0.25, 0.3) is 0 Å². The molecule has 1 aliphatic carbocycles. The number of ether oxygens (including phenoxy) is 1. The molecule has 0 atom stereocenters. The molecule has 106 valence electrons. The first kappa shape index (κ1) is 14.9. The Morgan fingerprint density at radius 1 is 1.26 bits per heavy atom. The molecule has 0 radical (unpaired) electrons. The van der Waals surface area contributed by atoms with Crippen LogP contribution in [0.15, 0.2) is 22.7 Å². The maximum Gasteiger partial charge on any atom is 0.138 e. The predicted molar refractivity (Wildman–Crippen MR) is 83.6 cm³/mol. The summed E-state index contributed by atoms with van der Waals surface area (Å²) in [6.45, 7) is 3.14. The molecule has 0 bridgehead atoms. The van der Waals surface area contributed by atoms with Crippen molar-refractivity contribution in [2.75, 3.05) is 7.05 Å². The highest BCUT2D eigenvalue weighted by Gasteiger charge is 2.22. The van der Waals surface area contributed by atoms with Crippen LogP contribution in [0.5, 0.6) is 5.75 Å². The first-order valence-electron chi connectivity index (χ1n) is 7.33. The number of hydrogen-bond acceptors (Lipinski definition) is 2. The summed E-state index contributed by atoms with van der Waals surface area (Å²) in [5.74, 6) is 1.94. The second kappa shape index (κ2) is 7.30. The fourth-order valence-electron chi connectivity index (χ4n) is 2.84. The Hall–Kier alpha value is -0.540. The van der Waals surface area contributed by atoms with Gasteiger partial charge in [0.2, 0.25) is 0 Å². The molecule has 1 fully saturated rings. The molecule has 1 saturated carbocycles. The predicted octanol–water partition coefficient (Wildman–Crippen LogP) is 4.52. The second-order valence-electron chi connectivity index (χ2n) is 5.43. The number of hydrogen-bond donors (Lipinski definition) is 1. The molecule has 2 nitrogen and oxygen atoms in total. The van der Waals surface area contributed by atoms with Gasteiger partial charge in [0.15, 0.2) is 0 Å². The minimum atomic E-state index is 0.386. The summed E-state index contributed by atoms with van der Waals surface area (Å²) >= 11 is 3.62. The summed E-state index contributed by atoms with van der Waals surface area (Å²) in [6.07, 6.45) is 6.71. The van der Waals surface area contributed by atoms with Crippen LogP contribution in [0.4, 0.5) is 0 Å². The van der Waals surface area contributed by atoms with Crippen LogP contribution < -0.4 is 10.1 Å². The highest BCUT2D eigenvalue weighted by molar-refractivity contribution is 9.10. The van der Waals surface area contributed by atoms with E-state index in [0.29, 0.717) is 6.10 Å². The van der Waals surface area contributed by atoms with Gasteiger partial charge in [0.05, 0.1) is 10.6 Å². The van der Waals surface area contributed by atoms with Crippen molar-refractivity contribution in [3.8, 4) is 5.75 Å². The molecule has 0 heterocycles. The van der Waals surface area contributed by atoms with Gasteiger partial charge in [-0.15, -0.1) is 0 Å². The van der Waals surface area contributed by atoms with Gasteiger partial charge in [-0.05, 0) is 60.6 Å². The zero-order chi connectivity index (χ0) is 13.7. The lowest BCUT2D eigenvalue weighted by atomic mass is 9.86. The van der Waals surface area contributed by atoms with E-state index < -0.39 is 0 Å². The summed E-state index contributed by atoms with van der Waals surface area (Å²) in [6, 6.07) is 6.26. The average Bonchev–Trinajstić information content (AvgIpc) is 2.44.